The molecule has 8 heteroatoms. The van der Waals surface area contributed by atoms with Gasteiger partial charge in [-0.2, -0.15) is 0 Å². The first-order valence-electron chi connectivity index (χ1n) is 11.7. The fourth-order valence-electron chi connectivity index (χ4n) is 4.60. The third-order valence-corrected chi connectivity index (χ3v) is 6.74. The molecule has 1 aliphatic carbocycles. The van der Waals surface area contributed by atoms with Crippen LogP contribution in [0.25, 0.3) is 0 Å². The normalized spacial score (nSPS) is 22.5. The topological polar surface area (TPSA) is 67.9 Å². The van der Waals surface area contributed by atoms with Crippen LogP contribution in [0.3, 0.4) is 0 Å². The van der Waals surface area contributed by atoms with Crippen LogP contribution in [0.4, 0.5) is 4.39 Å². The van der Waals surface area contributed by atoms with Gasteiger partial charge in [-0.1, -0.05) is 31.2 Å². The van der Waals surface area contributed by atoms with Crippen molar-refractivity contribution in [1.82, 2.24) is 10.2 Å². The largest absolute Gasteiger partial charge is 0.486 e. The molecule has 6 nitrogen and oxygen atoms in total. The summed E-state index contributed by atoms with van der Waals surface area (Å²) in [5.41, 5.74) is 0.513. The molecule has 2 unspecified atom stereocenters. The molecule has 2 aromatic rings. The number of halogens is 2. The molecule has 1 N–H and O–H groups in total. The molecule has 0 aromatic heterocycles. The van der Waals surface area contributed by atoms with Gasteiger partial charge in [0.2, 0.25) is 11.8 Å². The highest BCUT2D eigenvalue weighted by Gasteiger charge is 2.36. The molecule has 1 saturated carbocycles. The Labute approximate surface area is 204 Å². The molecule has 0 spiro atoms. The van der Waals surface area contributed by atoms with E-state index in [1.165, 1.54) is 29.2 Å². The van der Waals surface area contributed by atoms with Crippen molar-refractivity contribution in [1.29, 1.82) is 0 Å². The maximum Gasteiger partial charge on any atom is 0.247 e. The lowest BCUT2D eigenvalue weighted by Gasteiger charge is -2.36. The van der Waals surface area contributed by atoms with E-state index in [0.717, 1.165) is 25.7 Å². The summed E-state index contributed by atoms with van der Waals surface area (Å²) in [6.07, 6.45) is 3.38. The van der Waals surface area contributed by atoms with Crippen LogP contribution >= 0.6 is 11.6 Å². The van der Waals surface area contributed by atoms with Crippen molar-refractivity contribution < 1.29 is 23.5 Å². The van der Waals surface area contributed by atoms with Crippen molar-refractivity contribution in [2.75, 3.05) is 19.0 Å². The van der Waals surface area contributed by atoms with E-state index in [-0.39, 0.29) is 31.0 Å². The summed E-state index contributed by atoms with van der Waals surface area (Å²) in [6.45, 7) is 2.53. The molecule has 0 saturated heterocycles. The monoisotopic (exact) mass is 488 g/mol. The zero-order chi connectivity index (χ0) is 24.1. The molecule has 182 valence electrons. The van der Waals surface area contributed by atoms with Crippen LogP contribution in [0, 0.1) is 11.7 Å². The molecule has 1 heterocycles. The second kappa shape index (κ2) is 11.1. The van der Waals surface area contributed by atoms with Crippen LogP contribution < -0.4 is 14.8 Å². The highest BCUT2D eigenvalue weighted by molar-refractivity contribution is 6.27. The van der Waals surface area contributed by atoms with E-state index in [1.807, 2.05) is 18.2 Å². The molecule has 1 aliphatic heterocycles. The molecule has 1 fully saturated rings. The van der Waals surface area contributed by atoms with Gasteiger partial charge in [-0.05, 0) is 61.4 Å². The van der Waals surface area contributed by atoms with E-state index < -0.39 is 23.9 Å². The molecular formula is C26H30ClFN2O4. The van der Waals surface area contributed by atoms with Crippen LogP contribution in [-0.4, -0.2) is 47.9 Å². The molecule has 2 aliphatic rings. The highest BCUT2D eigenvalue weighted by Crippen LogP contribution is 2.32. The Morgan fingerprint density at radius 1 is 1.09 bits per heavy atom. The molecule has 2 amide bonds. The van der Waals surface area contributed by atoms with E-state index in [9.17, 15) is 14.0 Å². The molecule has 2 aromatic carbocycles. The van der Waals surface area contributed by atoms with Gasteiger partial charge in [-0.25, -0.2) is 4.39 Å². The summed E-state index contributed by atoms with van der Waals surface area (Å²) in [7, 11) is 0. The predicted octanol–water partition coefficient (Wildman–Crippen LogP) is 4.47. The van der Waals surface area contributed by atoms with Crippen LogP contribution in [0.5, 0.6) is 11.5 Å². The second-order valence-electron chi connectivity index (χ2n) is 9.10. The number of nitrogens with one attached hydrogen (secondary N) is 1. The minimum atomic E-state index is -0.966. The van der Waals surface area contributed by atoms with Gasteiger partial charge in [0.1, 0.15) is 24.3 Å². The minimum Gasteiger partial charge on any atom is -0.486 e. The molecule has 0 bridgehead atoms. The van der Waals surface area contributed by atoms with Gasteiger partial charge in [0.25, 0.3) is 0 Å². The lowest BCUT2D eigenvalue weighted by molar-refractivity contribution is -0.141. The second-order valence-corrected chi connectivity index (χ2v) is 9.36. The van der Waals surface area contributed by atoms with Gasteiger partial charge >= 0.3 is 0 Å². The Morgan fingerprint density at radius 3 is 2.44 bits per heavy atom. The first-order chi connectivity index (χ1) is 16.4. The van der Waals surface area contributed by atoms with Gasteiger partial charge in [-0.15, -0.1) is 11.6 Å². The van der Waals surface area contributed by atoms with Crippen LogP contribution in [0.15, 0.2) is 48.5 Å². The zero-order valence-corrected chi connectivity index (χ0v) is 20.0. The van der Waals surface area contributed by atoms with E-state index in [0.29, 0.717) is 23.0 Å². The number of amides is 2. The number of para-hydroxylation sites is 2. The number of ether oxygens (including phenoxy) is 2. The maximum atomic E-state index is 13.7. The van der Waals surface area contributed by atoms with Crippen LogP contribution in [0.1, 0.15) is 44.2 Å². The van der Waals surface area contributed by atoms with Crippen LogP contribution in [0.2, 0.25) is 0 Å². The summed E-state index contributed by atoms with van der Waals surface area (Å²) in [4.78, 5) is 28.0. The van der Waals surface area contributed by atoms with E-state index in [2.05, 4.69) is 12.2 Å². The third kappa shape index (κ3) is 5.81. The first kappa shape index (κ1) is 24.3. The SMILES string of the molecule is CC1CCC(NC(=O)C(c2ccc(F)cc2)N(CC2COc3ccccc3O2)C(=O)CCl)CC1. The van der Waals surface area contributed by atoms with Gasteiger partial charge in [-0.3, -0.25) is 9.59 Å². The van der Waals surface area contributed by atoms with Gasteiger partial charge in [0.05, 0.1) is 6.54 Å². The fraction of sp³-hybridized carbons (Fsp3) is 0.462. The lowest BCUT2D eigenvalue weighted by Crippen LogP contribution is -2.51. The molecular weight excluding hydrogens is 459 g/mol. The average Bonchev–Trinajstić information content (AvgIpc) is 2.85. The molecule has 4 rings (SSSR count). The van der Waals surface area contributed by atoms with Gasteiger partial charge < -0.3 is 19.7 Å². The Kier molecular flexibility index (Phi) is 7.93. The molecule has 34 heavy (non-hydrogen) atoms. The van der Waals surface area contributed by atoms with Crippen molar-refractivity contribution in [3.8, 4) is 11.5 Å². The maximum absolute atomic E-state index is 13.7. The number of alkyl halides is 1. The number of hydrogen-bond donors (Lipinski definition) is 1. The van der Waals surface area contributed by atoms with E-state index in [4.69, 9.17) is 21.1 Å². The summed E-state index contributed by atoms with van der Waals surface area (Å²) in [6, 6.07) is 12.0. The predicted molar refractivity (Wildman–Crippen MR) is 127 cm³/mol. The zero-order valence-electron chi connectivity index (χ0n) is 19.2. The van der Waals surface area contributed by atoms with Crippen molar-refractivity contribution in [3.63, 3.8) is 0 Å². The Morgan fingerprint density at radius 2 is 1.76 bits per heavy atom. The van der Waals surface area contributed by atoms with Gasteiger partial charge in [0, 0.05) is 6.04 Å². The Bertz CT molecular complexity index is 995. The van der Waals surface area contributed by atoms with E-state index in [1.54, 1.807) is 6.07 Å². The molecule has 0 radical (unpaired) electrons. The minimum absolute atomic E-state index is 0.0424. The number of carbonyl (C=O) groups is 2. The number of hydrogen-bond acceptors (Lipinski definition) is 4. The van der Waals surface area contributed by atoms with Crippen molar-refractivity contribution >= 4 is 23.4 Å². The summed E-state index contributed by atoms with van der Waals surface area (Å²) in [5.74, 6) is 0.426. The number of benzene rings is 2. The Hall–Kier alpha value is -2.80. The van der Waals surface area contributed by atoms with Crippen molar-refractivity contribution in [2.24, 2.45) is 5.92 Å². The number of nitrogens with zero attached hydrogens (tertiary/aromatic N) is 1. The number of rotatable bonds is 7. The fourth-order valence-corrected chi connectivity index (χ4v) is 4.76. The first-order valence-corrected chi connectivity index (χ1v) is 12.3. The summed E-state index contributed by atoms with van der Waals surface area (Å²) >= 11 is 5.96. The smallest absolute Gasteiger partial charge is 0.247 e. The van der Waals surface area contributed by atoms with Crippen molar-refractivity contribution in [3.05, 3.63) is 59.9 Å². The van der Waals surface area contributed by atoms with Crippen LogP contribution in [-0.2, 0) is 9.59 Å². The van der Waals surface area contributed by atoms with E-state index >= 15 is 0 Å². The number of carbonyl (C=O) groups excluding carboxylic acids is 2. The Balaban J connectivity index is 1.58. The highest BCUT2D eigenvalue weighted by atomic mass is 35.5. The summed E-state index contributed by atoms with van der Waals surface area (Å²) < 4.78 is 25.5. The summed E-state index contributed by atoms with van der Waals surface area (Å²) in [5, 5.41) is 3.12. The van der Waals surface area contributed by atoms with Gasteiger partial charge in [0.15, 0.2) is 17.6 Å². The standard InChI is InChI=1S/C26H30ClFN2O4/c1-17-6-12-20(13-7-17)29-26(32)25(18-8-10-19(28)11-9-18)30(24(31)14-27)15-21-16-33-22-4-2-3-5-23(22)34-21/h2-5,8-11,17,20-21,25H,6-7,12-16H2,1H3,(H,29,32). The van der Waals surface area contributed by atoms with Crippen molar-refractivity contribution in [2.45, 2.75) is 50.8 Å². The molecule has 2 atom stereocenters. The number of fused-ring (bicyclic) bond motifs is 1. The quantitative estimate of drug-likeness (QED) is 0.584. The third-order valence-electron chi connectivity index (χ3n) is 6.51. The average molecular weight is 489 g/mol. The lowest BCUT2D eigenvalue weighted by atomic mass is 9.87.